The Morgan fingerprint density at radius 2 is 2.15 bits per heavy atom. The summed E-state index contributed by atoms with van der Waals surface area (Å²) in [6.45, 7) is 0.295. The first-order chi connectivity index (χ1) is 9.75. The minimum Gasteiger partial charge on any atom is -0.391 e. The summed E-state index contributed by atoms with van der Waals surface area (Å²) in [6.07, 6.45) is 3.18. The van der Waals surface area contributed by atoms with Gasteiger partial charge >= 0.3 is 0 Å². The molecular weight excluding hydrogens is 254 g/mol. The van der Waals surface area contributed by atoms with Crippen molar-refractivity contribution in [3.63, 3.8) is 0 Å². The maximum Gasteiger partial charge on any atom is 0.255 e. The van der Waals surface area contributed by atoms with Crippen LogP contribution in [0.2, 0.25) is 0 Å². The molecule has 1 saturated carbocycles. The summed E-state index contributed by atoms with van der Waals surface area (Å²) in [5, 5.41) is 19.3. The fourth-order valence-electron chi connectivity index (χ4n) is 2.22. The summed E-state index contributed by atoms with van der Waals surface area (Å²) in [5.74, 6) is 0.144. The average Bonchev–Trinajstić information content (AvgIpc) is 3.22. The number of carbonyl (C=O) groups excluding carboxylic acids is 1. The number of nitrogens with one attached hydrogen (secondary N) is 2. The lowest BCUT2D eigenvalue weighted by Gasteiger charge is -2.10. The van der Waals surface area contributed by atoms with E-state index in [1.165, 1.54) is 6.20 Å². The topological polar surface area (TPSA) is 78.0 Å². The largest absolute Gasteiger partial charge is 0.391 e. The lowest BCUT2D eigenvalue weighted by atomic mass is 10.1. The van der Waals surface area contributed by atoms with Crippen LogP contribution in [0.1, 0.15) is 23.2 Å². The molecule has 1 fully saturated rings. The van der Waals surface area contributed by atoms with Gasteiger partial charge < -0.3 is 10.4 Å². The van der Waals surface area contributed by atoms with Gasteiger partial charge in [0.25, 0.3) is 5.91 Å². The SMILES string of the molecule is O=C(NCC(O)C1CC1)c1cn[nH]c1-c1ccccc1. The summed E-state index contributed by atoms with van der Waals surface area (Å²) in [5.41, 5.74) is 2.11. The van der Waals surface area contributed by atoms with E-state index < -0.39 is 6.10 Å². The van der Waals surface area contributed by atoms with E-state index in [1.54, 1.807) is 0 Å². The van der Waals surface area contributed by atoms with Crippen LogP contribution in [0, 0.1) is 5.92 Å². The van der Waals surface area contributed by atoms with Crippen LogP contribution in [0.5, 0.6) is 0 Å². The first-order valence-electron chi connectivity index (χ1n) is 6.81. The molecule has 1 amide bonds. The summed E-state index contributed by atoms with van der Waals surface area (Å²) in [4.78, 5) is 12.2. The van der Waals surface area contributed by atoms with Crippen LogP contribution in [-0.2, 0) is 0 Å². The second kappa shape index (κ2) is 5.46. The first-order valence-corrected chi connectivity index (χ1v) is 6.81. The van der Waals surface area contributed by atoms with Crippen LogP contribution in [0.25, 0.3) is 11.3 Å². The van der Waals surface area contributed by atoms with E-state index in [9.17, 15) is 9.90 Å². The van der Waals surface area contributed by atoms with E-state index in [2.05, 4.69) is 15.5 Å². The maximum absolute atomic E-state index is 12.2. The van der Waals surface area contributed by atoms with E-state index >= 15 is 0 Å². The highest BCUT2D eigenvalue weighted by atomic mass is 16.3. The molecule has 5 nitrogen and oxygen atoms in total. The lowest BCUT2D eigenvalue weighted by molar-refractivity contribution is 0.0902. The zero-order valence-corrected chi connectivity index (χ0v) is 11.0. The van der Waals surface area contributed by atoms with Gasteiger partial charge in [0.05, 0.1) is 23.6 Å². The van der Waals surface area contributed by atoms with Crippen LogP contribution < -0.4 is 5.32 Å². The number of aliphatic hydroxyl groups is 1. The quantitative estimate of drug-likeness (QED) is 0.772. The summed E-state index contributed by atoms with van der Waals surface area (Å²) in [7, 11) is 0. The molecular formula is C15H17N3O2. The van der Waals surface area contributed by atoms with Crippen LogP contribution in [0.15, 0.2) is 36.5 Å². The Balaban J connectivity index is 1.70. The van der Waals surface area contributed by atoms with Crippen LogP contribution in [0.3, 0.4) is 0 Å². The molecule has 1 unspecified atom stereocenters. The molecule has 1 aromatic heterocycles. The number of hydrogen-bond acceptors (Lipinski definition) is 3. The fourth-order valence-corrected chi connectivity index (χ4v) is 2.22. The minimum absolute atomic E-state index is 0.211. The molecule has 0 bridgehead atoms. The number of hydrogen-bond donors (Lipinski definition) is 3. The number of aromatic nitrogens is 2. The average molecular weight is 271 g/mol. The Bertz CT molecular complexity index is 590. The molecule has 0 saturated heterocycles. The van der Waals surface area contributed by atoms with Crippen molar-refractivity contribution < 1.29 is 9.90 Å². The van der Waals surface area contributed by atoms with Gasteiger partial charge in [0.2, 0.25) is 0 Å². The van der Waals surface area contributed by atoms with Gasteiger partial charge in [-0.2, -0.15) is 5.10 Å². The zero-order valence-electron chi connectivity index (χ0n) is 11.0. The molecule has 1 aliphatic carbocycles. The molecule has 2 aromatic rings. The van der Waals surface area contributed by atoms with Crippen molar-refractivity contribution in [3.8, 4) is 11.3 Å². The second-order valence-corrected chi connectivity index (χ2v) is 5.14. The van der Waals surface area contributed by atoms with Crippen molar-refractivity contribution in [2.45, 2.75) is 18.9 Å². The molecule has 1 aromatic carbocycles. The molecule has 0 radical (unpaired) electrons. The Labute approximate surface area is 117 Å². The van der Waals surface area contributed by atoms with E-state index in [-0.39, 0.29) is 5.91 Å². The Kier molecular flexibility index (Phi) is 3.52. The zero-order chi connectivity index (χ0) is 13.9. The number of amides is 1. The number of benzene rings is 1. The highest BCUT2D eigenvalue weighted by molar-refractivity contribution is 5.99. The van der Waals surface area contributed by atoms with Gasteiger partial charge in [-0.3, -0.25) is 9.89 Å². The number of nitrogens with zero attached hydrogens (tertiary/aromatic N) is 1. The smallest absolute Gasteiger partial charge is 0.255 e. The highest BCUT2D eigenvalue weighted by Gasteiger charge is 2.30. The second-order valence-electron chi connectivity index (χ2n) is 5.14. The normalized spacial score (nSPS) is 15.8. The van der Waals surface area contributed by atoms with Crippen molar-refractivity contribution in [3.05, 3.63) is 42.1 Å². The number of H-pyrrole nitrogens is 1. The number of carbonyl (C=O) groups is 1. The summed E-state index contributed by atoms with van der Waals surface area (Å²) >= 11 is 0. The van der Waals surface area contributed by atoms with Crippen LogP contribution >= 0.6 is 0 Å². The van der Waals surface area contributed by atoms with Crippen molar-refractivity contribution >= 4 is 5.91 Å². The highest BCUT2D eigenvalue weighted by Crippen LogP contribution is 2.32. The Hall–Kier alpha value is -2.14. The first kappa shape index (κ1) is 12.9. The van der Waals surface area contributed by atoms with Gasteiger partial charge in [-0.05, 0) is 18.8 Å². The Morgan fingerprint density at radius 1 is 1.40 bits per heavy atom. The number of aliphatic hydroxyl groups excluding tert-OH is 1. The van der Waals surface area contributed by atoms with Gasteiger partial charge in [0.15, 0.2) is 0 Å². The number of rotatable bonds is 5. The van der Waals surface area contributed by atoms with Gasteiger partial charge in [0.1, 0.15) is 0 Å². The third-order valence-electron chi connectivity index (χ3n) is 3.58. The monoisotopic (exact) mass is 271 g/mol. The fraction of sp³-hybridized carbons (Fsp3) is 0.333. The van der Waals surface area contributed by atoms with Crippen LogP contribution in [-0.4, -0.2) is 33.9 Å². The predicted octanol–water partition coefficient (Wildman–Crippen LogP) is 1.58. The van der Waals surface area contributed by atoms with Crippen LogP contribution in [0.4, 0.5) is 0 Å². The van der Waals surface area contributed by atoms with E-state index in [0.717, 1.165) is 18.4 Å². The predicted molar refractivity (Wildman–Crippen MR) is 75.1 cm³/mol. The molecule has 104 valence electrons. The summed E-state index contributed by atoms with van der Waals surface area (Å²) in [6, 6.07) is 9.59. The van der Waals surface area contributed by atoms with Crippen molar-refractivity contribution in [1.29, 1.82) is 0 Å². The van der Waals surface area contributed by atoms with Gasteiger partial charge in [-0.15, -0.1) is 0 Å². The molecule has 3 rings (SSSR count). The molecule has 3 N–H and O–H groups in total. The maximum atomic E-state index is 12.2. The minimum atomic E-state index is -0.439. The van der Waals surface area contributed by atoms with Gasteiger partial charge in [-0.1, -0.05) is 30.3 Å². The standard InChI is InChI=1S/C15H17N3O2/c19-13(10-6-7-10)9-16-15(20)12-8-17-18-14(12)11-4-2-1-3-5-11/h1-5,8,10,13,19H,6-7,9H2,(H,16,20)(H,17,18). The van der Waals surface area contributed by atoms with E-state index in [4.69, 9.17) is 0 Å². The molecule has 1 aliphatic rings. The van der Waals surface area contributed by atoms with E-state index in [0.29, 0.717) is 23.7 Å². The third kappa shape index (κ3) is 2.72. The molecule has 20 heavy (non-hydrogen) atoms. The molecule has 0 spiro atoms. The third-order valence-corrected chi connectivity index (χ3v) is 3.58. The van der Waals surface area contributed by atoms with Crippen molar-refractivity contribution in [2.24, 2.45) is 5.92 Å². The Morgan fingerprint density at radius 3 is 2.85 bits per heavy atom. The van der Waals surface area contributed by atoms with E-state index in [1.807, 2.05) is 30.3 Å². The molecule has 1 heterocycles. The van der Waals surface area contributed by atoms with Crippen molar-refractivity contribution in [2.75, 3.05) is 6.54 Å². The number of aromatic amines is 1. The molecule has 1 atom stereocenters. The molecule has 0 aliphatic heterocycles. The summed E-state index contributed by atoms with van der Waals surface area (Å²) < 4.78 is 0. The van der Waals surface area contributed by atoms with Crippen molar-refractivity contribution in [1.82, 2.24) is 15.5 Å². The lowest BCUT2D eigenvalue weighted by Crippen LogP contribution is -2.33. The van der Waals surface area contributed by atoms with Gasteiger partial charge in [0, 0.05) is 12.1 Å². The van der Waals surface area contributed by atoms with Gasteiger partial charge in [-0.25, -0.2) is 0 Å². The molecule has 5 heteroatoms.